The second-order valence-corrected chi connectivity index (χ2v) is 4.60. The normalized spacial score (nSPS) is 10.7. The van der Waals surface area contributed by atoms with Gasteiger partial charge in [-0.1, -0.05) is 0 Å². The number of nitrogens with zero attached hydrogens (tertiary/aromatic N) is 3. The second kappa shape index (κ2) is 6.66. The van der Waals surface area contributed by atoms with Gasteiger partial charge in [0.2, 0.25) is 5.82 Å². The van der Waals surface area contributed by atoms with Crippen LogP contribution in [-0.2, 0) is 0 Å². The Bertz CT molecular complexity index is 708. The van der Waals surface area contributed by atoms with Gasteiger partial charge < -0.3 is 9.84 Å². The minimum absolute atomic E-state index is 0.0346. The molecule has 1 amide bonds. The number of hydrazone groups is 1. The van der Waals surface area contributed by atoms with Gasteiger partial charge in [-0.3, -0.25) is 4.79 Å². The van der Waals surface area contributed by atoms with Crippen molar-refractivity contribution in [3.05, 3.63) is 47.0 Å². The number of aryl methyl sites for hydroxylation is 2. The first kappa shape index (κ1) is 15.4. The van der Waals surface area contributed by atoms with E-state index in [2.05, 4.69) is 20.5 Å². The minimum atomic E-state index is -0.492. The number of rotatable bonds is 4. The first-order chi connectivity index (χ1) is 10.5. The standard InChI is InChI=1S/C15H16N4O3/c1-9-6-10(2)18-14(17-9)15(21)19-16-8-11-4-5-12(20)13(7-11)22-3/h4-8,20H,1-3H3,(H,19,21)/b16-8+. The van der Waals surface area contributed by atoms with Crippen LogP contribution < -0.4 is 10.2 Å². The molecule has 1 heterocycles. The van der Waals surface area contributed by atoms with E-state index in [0.717, 1.165) is 0 Å². The molecule has 0 saturated carbocycles. The van der Waals surface area contributed by atoms with Crippen LogP contribution in [0.25, 0.3) is 0 Å². The van der Waals surface area contributed by atoms with Crippen molar-refractivity contribution in [1.29, 1.82) is 0 Å². The molecule has 2 N–H and O–H groups in total. The number of hydrogen-bond donors (Lipinski definition) is 2. The van der Waals surface area contributed by atoms with E-state index in [-0.39, 0.29) is 11.6 Å². The molecule has 0 atom stereocenters. The molecule has 0 aliphatic heterocycles. The van der Waals surface area contributed by atoms with Crippen LogP contribution in [0.5, 0.6) is 11.5 Å². The maximum atomic E-state index is 11.9. The number of hydrogen-bond acceptors (Lipinski definition) is 6. The molecule has 0 fully saturated rings. The molecule has 0 spiro atoms. The Morgan fingerprint density at radius 2 is 1.95 bits per heavy atom. The number of carbonyl (C=O) groups is 1. The van der Waals surface area contributed by atoms with Crippen molar-refractivity contribution >= 4 is 12.1 Å². The van der Waals surface area contributed by atoms with Crippen molar-refractivity contribution in [3.8, 4) is 11.5 Å². The van der Waals surface area contributed by atoms with E-state index in [4.69, 9.17) is 4.74 Å². The summed E-state index contributed by atoms with van der Waals surface area (Å²) in [5, 5.41) is 13.3. The zero-order chi connectivity index (χ0) is 16.1. The Kier molecular flexibility index (Phi) is 4.67. The van der Waals surface area contributed by atoms with Crippen molar-refractivity contribution in [2.75, 3.05) is 7.11 Å². The van der Waals surface area contributed by atoms with Gasteiger partial charge in [-0.05, 0) is 43.7 Å². The molecule has 0 aliphatic rings. The lowest BCUT2D eigenvalue weighted by Gasteiger charge is -2.03. The Balaban J connectivity index is 2.07. The van der Waals surface area contributed by atoms with Crippen LogP contribution in [-0.4, -0.2) is 34.3 Å². The highest BCUT2D eigenvalue weighted by Crippen LogP contribution is 2.25. The number of benzene rings is 1. The topological polar surface area (TPSA) is 96.7 Å². The van der Waals surface area contributed by atoms with Gasteiger partial charge in [-0.15, -0.1) is 0 Å². The van der Waals surface area contributed by atoms with E-state index in [1.807, 2.05) is 0 Å². The maximum Gasteiger partial charge on any atom is 0.309 e. The van der Waals surface area contributed by atoms with Gasteiger partial charge in [0.05, 0.1) is 13.3 Å². The Labute approximate surface area is 127 Å². The van der Waals surface area contributed by atoms with Crippen LogP contribution in [0.4, 0.5) is 0 Å². The number of ether oxygens (including phenoxy) is 1. The number of phenols is 1. The average Bonchev–Trinajstić information content (AvgIpc) is 2.47. The number of methoxy groups -OCH3 is 1. The van der Waals surface area contributed by atoms with Crippen LogP contribution in [0.3, 0.4) is 0 Å². The van der Waals surface area contributed by atoms with Crippen molar-refractivity contribution in [2.24, 2.45) is 5.10 Å². The van der Waals surface area contributed by atoms with Gasteiger partial charge in [-0.25, -0.2) is 15.4 Å². The minimum Gasteiger partial charge on any atom is -0.504 e. The average molecular weight is 300 g/mol. The van der Waals surface area contributed by atoms with Crippen molar-refractivity contribution in [3.63, 3.8) is 0 Å². The van der Waals surface area contributed by atoms with E-state index in [1.165, 1.54) is 19.4 Å². The Morgan fingerprint density at radius 1 is 1.27 bits per heavy atom. The summed E-state index contributed by atoms with van der Waals surface area (Å²) < 4.78 is 4.99. The highest BCUT2D eigenvalue weighted by Gasteiger charge is 2.09. The van der Waals surface area contributed by atoms with Crippen molar-refractivity contribution < 1.29 is 14.6 Å². The lowest BCUT2D eigenvalue weighted by atomic mass is 10.2. The van der Waals surface area contributed by atoms with Crippen LogP contribution in [0.2, 0.25) is 0 Å². The predicted octanol–water partition coefficient (Wildman–Crippen LogP) is 1.57. The van der Waals surface area contributed by atoms with Gasteiger partial charge in [0.1, 0.15) is 0 Å². The number of phenolic OH excluding ortho intramolecular Hbond substituents is 1. The largest absolute Gasteiger partial charge is 0.504 e. The van der Waals surface area contributed by atoms with E-state index in [9.17, 15) is 9.90 Å². The van der Waals surface area contributed by atoms with Crippen LogP contribution >= 0.6 is 0 Å². The van der Waals surface area contributed by atoms with E-state index >= 15 is 0 Å². The lowest BCUT2D eigenvalue weighted by Crippen LogP contribution is -2.21. The monoisotopic (exact) mass is 300 g/mol. The molecule has 0 aliphatic carbocycles. The van der Waals surface area contributed by atoms with Crippen molar-refractivity contribution in [1.82, 2.24) is 15.4 Å². The summed E-state index contributed by atoms with van der Waals surface area (Å²) in [5.41, 5.74) is 4.45. The molecule has 2 aromatic rings. The number of aromatic nitrogens is 2. The van der Waals surface area contributed by atoms with Crippen LogP contribution in [0.15, 0.2) is 29.4 Å². The molecule has 1 aromatic heterocycles. The smallest absolute Gasteiger partial charge is 0.309 e. The van der Waals surface area contributed by atoms with Gasteiger partial charge >= 0.3 is 5.91 Å². The zero-order valence-electron chi connectivity index (χ0n) is 12.5. The summed E-state index contributed by atoms with van der Waals surface area (Å²) in [6.45, 7) is 3.58. The summed E-state index contributed by atoms with van der Waals surface area (Å²) in [4.78, 5) is 20.0. The predicted molar refractivity (Wildman–Crippen MR) is 81.2 cm³/mol. The van der Waals surface area contributed by atoms with E-state index in [0.29, 0.717) is 22.7 Å². The number of carbonyl (C=O) groups excluding carboxylic acids is 1. The molecule has 1 aromatic carbocycles. The fraction of sp³-hybridized carbons (Fsp3) is 0.200. The second-order valence-electron chi connectivity index (χ2n) is 4.60. The summed E-state index contributed by atoms with van der Waals surface area (Å²) in [6, 6.07) is 6.50. The fourth-order valence-corrected chi connectivity index (χ4v) is 1.82. The molecular weight excluding hydrogens is 284 g/mol. The number of aromatic hydroxyl groups is 1. The van der Waals surface area contributed by atoms with E-state index in [1.54, 1.807) is 32.0 Å². The third kappa shape index (κ3) is 3.78. The van der Waals surface area contributed by atoms with Gasteiger partial charge in [0.15, 0.2) is 11.5 Å². The zero-order valence-corrected chi connectivity index (χ0v) is 12.5. The SMILES string of the molecule is COc1cc(/C=N/NC(=O)c2nc(C)cc(C)n2)ccc1O. The maximum absolute atomic E-state index is 11.9. The molecule has 0 bridgehead atoms. The highest BCUT2D eigenvalue weighted by molar-refractivity contribution is 5.91. The first-order valence-electron chi connectivity index (χ1n) is 6.52. The van der Waals surface area contributed by atoms with Gasteiger partial charge in [-0.2, -0.15) is 5.10 Å². The molecule has 114 valence electrons. The molecule has 2 rings (SSSR count). The Morgan fingerprint density at radius 3 is 2.59 bits per heavy atom. The summed E-state index contributed by atoms with van der Waals surface area (Å²) in [5.74, 6) is -0.0630. The summed E-state index contributed by atoms with van der Waals surface area (Å²) >= 11 is 0. The van der Waals surface area contributed by atoms with Crippen LogP contribution in [0, 0.1) is 13.8 Å². The van der Waals surface area contributed by atoms with E-state index < -0.39 is 5.91 Å². The highest BCUT2D eigenvalue weighted by atomic mass is 16.5. The molecule has 22 heavy (non-hydrogen) atoms. The van der Waals surface area contributed by atoms with Crippen molar-refractivity contribution in [2.45, 2.75) is 13.8 Å². The molecule has 0 saturated heterocycles. The molecule has 7 nitrogen and oxygen atoms in total. The summed E-state index contributed by atoms with van der Waals surface area (Å²) in [7, 11) is 1.45. The van der Waals surface area contributed by atoms with Crippen LogP contribution in [0.1, 0.15) is 27.6 Å². The first-order valence-corrected chi connectivity index (χ1v) is 6.52. The lowest BCUT2D eigenvalue weighted by molar-refractivity contribution is 0.0944. The third-order valence-electron chi connectivity index (χ3n) is 2.77. The molecule has 0 unspecified atom stereocenters. The van der Waals surface area contributed by atoms with Gasteiger partial charge in [0, 0.05) is 11.4 Å². The van der Waals surface area contributed by atoms with Gasteiger partial charge in [0.25, 0.3) is 0 Å². The fourth-order valence-electron chi connectivity index (χ4n) is 1.82. The number of amides is 1. The molecular formula is C15H16N4O3. The third-order valence-corrected chi connectivity index (χ3v) is 2.77. The number of nitrogens with one attached hydrogen (secondary N) is 1. The Hall–Kier alpha value is -2.96. The molecule has 7 heteroatoms. The quantitative estimate of drug-likeness (QED) is 0.660. The molecule has 0 radical (unpaired) electrons. The summed E-state index contributed by atoms with van der Waals surface area (Å²) in [6.07, 6.45) is 1.43.